The van der Waals surface area contributed by atoms with Crippen molar-refractivity contribution in [3.05, 3.63) is 42.2 Å². The first kappa shape index (κ1) is 5.99. The van der Waals surface area contributed by atoms with Crippen LogP contribution in [0.5, 0.6) is 0 Å². The molecule has 0 bridgehead atoms. The van der Waals surface area contributed by atoms with Gasteiger partial charge in [0.2, 0.25) is 0 Å². The van der Waals surface area contributed by atoms with E-state index in [1.807, 2.05) is 40.9 Å². The van der Waals surface area contributed by atoms with Crippen molar-refractivity contribution in [2.24, 2.45) is 0 Å². The van der Waals surface area contributed by atoms with Gasteiger partial charge in [0.05, 0.1) is 0 Å². The number of fused-ring (bicyclic) bond motifs is 1. The van der Waals surface area contributed by atoms with Crippen LogP contribution in [0, 0.1) is 11.3 Å². The first-order valence-corrected chi connectivity index (χ1v) is 3.38. The molecule has 52 valence electrons. The fraction of sp³-hybridized carbons (Fsp3) is 0. The van der Waals surface area contributed by atoms with E-state index in [2.05, 4.69) is 6.07 Å². The van der Waals surface area contributed by atoms with Crippen molar-refractivity contribution >= 4 is 5.52 Å². The van der Waals surface area contributed by atoms with E-state index in [0.717, 1.165) is 5.52 Å². The molecule has 0 atom stereocenters. The van der Waals surface area contributed by atoms with Gasteiger partial charge in [-0.2, -0.15) is 5.26 Å². The van der Waals surface area contributed by atoms with E-state index in [4.69, 9.17) is 5.26 Å². The largest absolute Gasteiger partial charge is 0.308 e. The average molecular weight is 142 g/mol. The van der Waals surface area contributed by atoms with Crippen LogP contribution in [0.4, 0.5) is 0 Å². The Kier molecular flexibility index (Phi) is 1.16. The molecule has 0 saturated heterocycles. The smallest absolute Gasteiger partial charge is 0.124 e. The molecule has 2 aromatic rings. The van der Waals surface area contributed by atoms with Crippen molar-refractivity contribution in [2.45, 2.75) is 0 Å². The molecule has 0 N–H and O–H groups in total. The highest BCUT2D eigenvalue weighted by Crippen LogP contribution is 2.07. The van der Waals surface area contributed by atoms with E-state index < -0.39 is 0 Å². The second kappa shape index (κ2) is 2.14. The molecule has 0 saturated carbocycles. The molecule has 2 heterocycles. The molecule has 0 aliphatic carbocycles. The van der Waals surface area contributed by atoms with E-state index in [1.54, 1.807) is 0 Å². The molecule has 0 aromatic carbocycles. The van der Waals surface area contributed by atoms with Gasteiger partial charge in [0.15, 0.2) is 0 Å². The number of aromatic nitrogens is 1. The Hall–Kier alpha value is -1.75. The molecule has 2 nitrogen and oxygen atoms in total. The summed E-state index contributed by atoms with van der Waals surface area (Å²) in [4.78, 5) is 0. The number of pyridine rings is 1. The topological polar surface area (TPSA) is 28.2 Å². The van der Waals surface area contributed by atoms with Crippen LogP contribution in [-0.2, 0) is 0 Å². The molecule has 2 rings (SSSR count). The summed E-state index contributed by atoms with van der Waals surface area (Å²) >= 11 is 0. The highest BCUT2D eigenvalue weighted by molar-refractivity contribution is 5.51. The van der Waals surface area contributed by atoms with Crippen molar-refractivity contribution < 1.29 is 0 Å². The first-order chi connectivity index (χ1) is 5.42. The number of hydrogen-bond donors (Lipinski definition) is 0. The summed E-state index contributed by atoms with van der Waals surface area (Å²) in [5, 5.41) is 8.65. The fourth-order valence-electron chi connectivity index (χ4n) is 1.15. The van der Waals surface area contributed by atoms with Gasteiger partial charge in [0.1, 0.15) is 11.8 Å². The maximum absolute atomic E-state index is 8.65. The molecule has 0 spiro atoms. The zero-order valence-electron chi connectivity index (χ0n) is 5.86. The molecule has 0 aliphatic rings. The quantitative estimate of drug-likeness (QED) is 0.551. The fourth-order valence-corrected chi connectivity index (χ4v) is 1.15. The van der Waals surface area contributed by atoms with Crippen LogP contribution in [0.25, 0.3) is 5.52 Å². The minimum Gasteiger partial charge on any atom is -0.308 e. The molecule has 0 amide bonds. The van der Waals surface area contributed by atoms with Crippen LogP contribution in [0.15, 0.2) is 36.5 Å². The molecule has 0 fully saturated rings. The summed E-state index contributed by atoms with van der Waals surface area (Å²) < 4.78 is 1.86. The van der Waals surface area contributed by atoms with E-state index in [9.17, 15) is 0 Å². The lowest BCUT2D eigenvalue weighted by molar-refractivity contribution is 1.16. The van der Waals surface area contributed by atoms with Gasteiger partial charge < -0.3 is 4.40 Å². The first-order valence-electron chi connectivity index (χ1n) is 3.38. The van der Waals surface area contributed by atoms with Gasteiger partial charge in [0, 0.05) is 11.7 Å². The third-order valence-electron chi connectivity index (χ3n) is 1.68. The number of hydrogen-bond acceptors (Lipinski definition) is 1. The maximum Gasteiger partial charge on any atom is 0.124 e. The number of nitriles is 1. The Labute approximate surface area is 64.3 Å². The van der Waals surface area contributed by atoms with Crippen molar-refractivity contribution in [1.29, 1.82) is 5.26 Å². The molecule has 2 aromatic heterocycles. The summed E-state index contributed by atoms with van der Waals surface area (Å²) in [7, 11) is 0. The van der Waals surface area contributed by atoms with Gasteiger partial charge in [-0.25, -0.2) is 0 Å². The van der Waals surface area contributed by atoms with Crippen LogP contribution >= 0.6 is 0 Å². The molecule has 0 radical (unpaired) electrons. The Morgan fingerprint density at radius 3 is 2.91 bits per heavy atom. The molecule has 2 heteroatoms. The summed E-state index contributed by atoms with van der Waals surface area (Å²) in [5.41, 5.74) is 1.74. The van der Waals surface area contributed by atoms with Gasteiger partial charge in [-0.3, -0.25) is 0 Å². The third kappa shape index (κ3) is 0.786. The maximum atomic E-state index is 8.65. The summed E-state index contributed by atoms with van der Waals surface area (Å²) in [6, 6.07) is 11.7. The van der Waals surface area contributed by atoms with Crippen LogP contribution in [0.1, 0.15) is 5.69 Å². The van der Waals surface area contributed by atoms with Gasteiger partial charge in [-0.15, -0.1) is 0 Å². The predicted octanol–water partition coefficient (Wildman–Crippen LogP) is 1.81. The van der Waals surface area contributed by atoms with Crippen LogP contribution < -0.4 is 0 Å². The Balaban J connectivity index is 2.89. The summed E-state index contributed by atoms with van der Waals surface area (Å²) in [5.74, 6) is 0. The Morgan fingerprint density at radius 2 is 2.09 bits per heavy atom. The third-order valence-corrected chi connectivity index (χ3v) is 1.68. The summed E-state index contributed by atoms with van der Waals surface area (Å²) in [6.07, 6.45) is 1.88. The highest BCUT2D eigenvalue weighted by atomic mass is 14.9. The zero-order chi connectivity index (χ0) is 7.68. The minimum atomic E-state index is 0.681. The zero-order valence-corrected chi connectivity index (χ0v) is 5.86. The molecule has 11 heavy (non-hydrogen) atoms. The number of nitrogens with zero attached hydrogens (tertiary/aromatic N) is 2. The van der Waals surface area contributed by atoms with E-state index >= 15 is 0 Å². The molecule has 0 unspecified atom stereocenters. The lowest BCUT2D eigenvalue weighted by Crippen LogP contribution is -1.84. The van der Waals surface area contributed by atoms with E-state index in [1.165, 1.54) is 0 Å². The SMILES string of the molecule is N#Cc1ccc2ccccn12. The highest BCUT2D eigenvalue weighted by Gasteiger charge is 1.96. The molecule has 0 aliphatic heterocycles. The Morgan fingerprint density at radius 1 is 1.18 bits per heavy atom. The second-order valence-corrected chi connectivity index (χ2v) is 2.33. The van der Waals surface area contributed by atoms with Crippen molar-refractivity contribution in [3.63, 3.8) is 0 Å². The van der Waals surface area contributed by atoms with Crippen LogP contribution in [-0.4, -0.2) is 4.40 Å². The lowest BCUT2D eigenvalue weighted by Gasteiger charge is -1.92. The van der Waals surface area contributed by atoms with Gasteiger partial charge >= 0.3 is 0 Å². The Bertz CT molecular complexity index is 420. The minimum absolute atomic E-state index is 0.681. The van der Waals surface area contributed by atoms with Crippen LogP contribution in [0.2, 0.25) is 0 Å². The van der Waals surface area contributed by atoms with Crippen molar-refractivity contribution in [3.8, 4) is 6.07 Å². The van der Waals surface area contributed by atoms with E-state index in [-0.39, 0.29) is 0 Å². The van der Waals surface area contributed by atoms with Gasteiger partial charge in [0.25, 0.3) is 0 Å². The van der Waals surface area contributed by atoms with Crippen molar-refractivity contribution in [2.75, 3.05) is 0 Å². The van der Waals surface area contributed by atoms with E-state index in [0.29, 0.717) is 5.69 Å². The van der Waals surface area contributed by atoms with Crippen molar-refractivity contribution in [1.82, 2.24) is 4.40 Å². The second-order valence-electron chi connectivity index (χ2n) is 2.33. The standard InChI is InChI=1S/C9H6N2/c10-7-9-5-4-8-3-1-2-6-11(8)9/h1-6H. The monoisotopic (exact) mass is 142 g/mol. The van der Waals surface area contributed by atoms with Crippen LogP contribution in [0.3, 0.4) is 0 Å². The average Bonchev–Trinajstić information content (AvgIpc) is 2.47. The summed E-state index contributed by atoms with van der Waals surface area (Å²) in [6.45, 7) is 0. The predicted molar refractivity (Wildman–Crippen MR) is 42.1 cm³/mol. The molecular weight excluding hydrogens is 136 g/mol. The van der Waals surface area contributed by atoms with Gasteiger partial charge in [-0.05, 0) is 24.3 Å². The number of rotatable bonds is 0. The molecular formula is C9H6N2. The lowest BCUT2D eigenvalue weighted by atomic mass is 10.4. The normalized spacial score (nSPS) is 9.73. The van der Waals surface area contributed by atoms with Gasteiger partial charge in [-0.1, -0.05) is 6.07 Å².